The molecule has 0 saturated heterocycles. The van der Waals surface area contributed by atoms with Crippen LogP contribution in [0.5, 0.6) is 11.5 Å². The molecule has 2 aromatic rings. The van der Waals surface area contributed by atoms with Crippen molar-refractivity contribution in [2.24, 2.45) is 0 Å². The van der Waals surface area contributed by atoms with E-state index in [1.165, 1.54) is 12.1 Å². The molecule has 0 amide bonds. The van der Waals surface area contributed by atoms with Crippen LogP contribution in [0.25, 0.3) is 0 Å². The minimum absolute atomic E-state index is 0.0269. The van der Waals surface area contributed by atoms with Crippen LogP contribution in [-0.4, -0.2) is 0 Å². The fourth-order valence-corrected chi connectivity index (χ4v) is 5.70. The van der Waals surface area contributed by atoms with Crippen molar-refractivity contribution in [2.45, 2.75) is 56.8 Å². The first kappa shape index (κ1) is 23.3. The SMILES string of the molecule is CC1(C)CC2(CC(C)(C)c3cc(OC(F)=C(F)F)ccc32)c2ccc(OC(F)=C(F)F)cc21. The van der Waals surface area contributed by atoms with E-state index in [2.05, 4.69) is 9.47 Å². The summed E-state index contributed by atoms with van der Waals surface area (Å²) in [6, 6.07) is 5.73. The smallest absolute Gasteiger partial charge is 0.344 e. The molecular formula is C25H22F6O2. The van der Waals surface area contributed by atoms with Gasteiger partial charge in [-0.2, -0.15) is 26.3 Å². The normalized spacial score (nSPS) is 18.5. The van der Waals surface area contributed by atoms with Crippen LogP contribution in [0.1, 0.15) is 62.8 Å². The van der Waals surface area contributed by atoms with Crippen LogP contribution in [0, 0.1) is 0 Å². The minimum atomic E-state index is -2.53. The van der Waals surface area contributed by atoms with Crippen molar-refractivity contribution in [3.63, 3.8) is 0 Å². The number of benzene rings is 2. The molecule has 0 radical (unpaired) electrons. The van der Waals surface area contributed by atoms with Gasteiger partial charge in [-0.3, -0.25) is 0 Å². The highest BCUT2D eigenvalue weighted by molar-refractivity contribution is 5.61. The largest absolute Gasteiger partial charge is 0.428 e. The van der Waals surface area contributed by atoms with E-state index >= 15 is 0 Å². The molecule has 2 nitrogen and oxygen atoms in total. The Morgan fingerprint density at radius 3 is 1.30 bits per heavy atom. The number of halogens is 6. The third-order valence-electron chi connectivity index (χ3n) is 6.67. The number of ether oxygens (including phenoxy) is 2. The van der Waals surface area contributed by atoms with Gasteiger partial charge in [-0.1, -0.05) is 39.8 Å². The fourth-order valence-electron chi connectivity index (χ4n) is 5.70. The van der Waals surface area contributed by atoms with E-state index in [1.807, 2.05) is 27.7 Å². The maximum absolute atomic E-state index is 13.3. The lowest BCUT2D eigenvalue weighted by Gasteiger charge is -2.30. The molecule has 0 aromatic heterocycles. The van der Waals surface area contributed by atoms with E-state index in [0.717, 1.165) is 22.3 Å². The third-order valence-corrected chi connectivity index (χ3v) is 6.67. The standard InChI is InChI=1S/C25H22F6O2/c1-23(2)11-25(15-7-5-13(9-17(15)23)32-21(30)19(26)27)12-24(3,4)18-10-14(6-8-16(18)25)33-22(31)20(28)29/h5-10H,11-12H2,1-4H3. The van der Waals surface area contributed by atoms with Crippen LogP contribution in [-0.2, 0) is 16.2 Å². The van der Waals surface area contributed by atoms with Crippen LogP contribution in [0.4, 0.5) is 26.3 Å². The Balaban J connectivity index is 1.82. The zero-order chi connectivity index (χ0) is 24.3. The molecule has 0 bridgehead atoms. The van der Waals surface area contributed by atoms with E-state index in [1.54, 1.807) is 24.3 Å². The molecule has 0 saturated carbocycles. The van der Waals surface area contributed by atoms with Crippen LogP contribution < -0.4 is 9.47 Å². The summed E-state index contributed by atoms with van der Waals surface area (Å²) in [7, 11) is 0. The van der Waals surface area contributed by atoms with Gasteiger partial charge in [0.05, 0.1) is 0 Å². The summed E-state index contributed by atoms with van der Waals surface area (Å²) in [6.07, 6.45) is -3.71. The fraction of sp³-hybridized carbons (Fsp3) is 0.360. The maximum atomic E-state index is 13.3. The maximum Gasteiger partial charge on any atom is 0.344 e. The van der Waals surface area contributed by atoms with Crippen molar-refractivity contribution < 1.29 is 35.8 Å². The highest BCUT2D eigenvalue weighted by Gasteiger charge is 2.56. The quantitative estimate of drug-likeness (QED) is 0.333. The lowest BCUT2D eigenvalue weighted by atomic mass is 9.72. The monoisotopic (exact) mass is 468 g/mol. The summed E-state index contributed by atoms with van der Waals surface area (Å²) in [5.74, 6) is -0.0539. The molecule has 176 valence electrons. The van der Waals surface area contributed by atoms with Gasteiger partial charge in [-0.25, -0.2) is 0 Å². The Morgan fingerprint density at radius 2 is 0.970 bits per heavy atom. The molecule has 0 fully saturated rings. The van der Waals surface area contributed by atoms with E-state index in [4.69, 9.17) is 0 Å². The Hall–Kier alpha value is -2.90. The van der Waals surface area contributed by atoms with Crippen molar-refractivity contribution in [2.75, 3.05) is 0 Å². The summed E-state index contributed by atoms with van der Waals surface area (Å²) < 4.78 is 86.0. The van der Waals surface area contributed by atoms with E-state index in [-0.39, 0.29) is 22.3 Å². The molecule has 2 aliphatic rings. The Kier molecular flexibility index (Phi) is 5.34. The van der Waals surface area contributed by atoms with Crippen LogP contribution >= 0.6 is 0 Å². The third kappa shape index (κ3) is 3.79. The van der Waals surface area contributed by atoms with Gasteiger partial charge < -0.3 is 9.47 Å². The second-order valence-corrected chi connectivity index (χ2v) is 9.89. The van der Waals surface area contributed by atoms with Gasteiger partial charge in [0, 0.05) is 5.41 Å². The average Bonchev–Trinajstić information content (AvgIpc) is 3.07. The average molecular weight is 468 g/mol. The predicted molar refractivity (Wildman–Crippen MR) is 111 cm³/mol. The second kappa shape index (κ2) is 7.57. The first-order valence-corrected chi connectivity index (χ1v) is 10.3. The van der Waals surface area contributed by atoms with Gasteiger partial charge in [-0.15, -0.1) is 0 Å². The molecule has 33 heavy (non-hydrogen) atoms. The molecule has 0 aliphatic heterocycles. The Morgan fingerprint density at radius 1 is 0.606 bits per heavy atom. The van der Waals surface area contributed by atoms with Crippen molar-refractivity contribution in [1.29, 1.82) is 0 Å². The van der Waals surface area contributed by atoms with Gasteiger partial charge in [0.25, 0.3) is 0 Å². The number of hydrogen-bond acceptors (Lipinski definition) is 2. The highest BCUT2D eigenvalue weighted by atomic mass is 19.3. The highest BCUT2D eigenvalue weighted by Crippen LogP contribution is 2.63. The molecular weight excluding hydrogens is 446 g/mol. The van der Waals surface area contributed by atoms with Crippen molar-refractivity contribution in [3.8, 4) is 11.5 Å². The summed E-state index contributed by atoms with van der Waals surface area (Å²) in [6.45, 7) is 8.05. The molecule has 0 heterocycles. The van der Waals surface area contributed by atoms with Crippen molar-refractivity contribution in [1.82, 2.24) is 0 Å². The Bertz CT molecular complexity index is 1090. The first-order chi connectivity index (χ1) is 15.3. The topological polar surface area (TPSA) is 18.5 Å². The molecule has 0 N–H and O–H groups in total. The van der Waals surface area contributed by atoms with Crippen LogP contribution in [0.15, 0.2) is 60.6 Å². The van der Waals surface area contributed by atoms with Gasteiger partial charge in [-0.05, 0) is 70.2 Å². The van der Waals surface area contributed by atoms with Gasteiger partial charge in [0.1, 0.15) is 11.5 Å². The minimum Gasteiger partial charge on any atom is -0.428 e. The lowest BCUT2D eigenvalue weighted by Crippen LogP contribution is -2.26. The van der Waals surface area contributed by atoms with E-state index < -0.39 is 29.6 Å². The van der Waals surface area contributed by atoms with Crippen molar-refractivity contribution in [3.05, 3.63) is 82.8 Å². The van der Waals surface area contributed by atoms with Gasteiger partial charge >= 0.3 is 24.2 Å². The second-order valence-electron chi connectivity index (χ2n) is 9.89. The van der Waals surface area contributed by atoms with Gasteiger partial charge in [0.15, 0.2) is 0 Å². The molecule has 0 unspecified atom stereocenters. The summed E-state index contributed by atoms with van der Waals surface area (Å²) >= 11 is 0. The summed E-state index contributed by atoms with van der Waals surface area (Å²) in [5, 5.41) is 0. The molecule has 1 spiro atoms. The molecule has 4 rings (SSSR count). The summed E-state index contributed by atoms with van der Waals surface area (Å²) in [5.41, 5.74) is 2.41. The lowest BCUT2D eigenvalue weighted by molar-refractivity contribution is 0.241. The summed E-state index contributed by atoms with van der Waals surface area (Å²) in [4.78, 5) is 0. The van der Waals surface area contributed by atoms with Crippen LogP contribution in [0.3, 0.4) is 0 Å². The predicted octanol–water partition coefficient (Wildman–Crippen LogP) is 8.16. The zero-order valence-corrected chi connectivity index (χ0v) is 18.5. The number of rotatable bonds is 4. The van der Waals surface area contributed by atoms with Crippen molar-refractivity contribution >= 4 is 0 Å². The van der Waals surface area contributed by atoms with E-state index in [9.17, 15) is 26.3 Å². The Labute approximate surface area is 187 Å². The molecule has 0 atom stereocenters. The first-order valence-electron chi connectivity index (χ1n) is 10.3. The van der Waals surface area contributed by atoms with E-state index in [0.29, 0.717) is 12.8 Å². The molecule has 8 heteroatoms. The molecule has 2 aliphatic carbocycles. The van der Waals surface area contributed by atoms with Gasteiger partial charge in [0.2, 0.25) is 0 Å². The zero-order valence-electron chi connectivity index (χ0n) is 18.5. The molecule has 2 aromatic carbocycles. The number of hydrogen-bond donors (Lipinski definition) is 0. The van der Waals surface area contributed by atoms with Crippen LogP contribution in [0.2, 0.25) is 0 Å². The number of fused-ring (bicyclic) bond motifs is 4.